The predicted octanol–water partition coefficient (Wildman–Crippen LogP) is 6.63. The highest BCUT2D eigenvalue weighted by atomic mass is 35.5. The van der Waals surface area contributed by atoms with Crippen LogP contribution in [0.25, 0.3) is 27.2 Å². The van der Waals surface area contributed by atoms with Crippen LogP contribution in [-0.2, 0) is 9.53 Å². The number of imidazole rings is 1. The molecule has 0 bridgehead atoms. The summed E-state index contributed by atoms with van der Waals surface area (Å²) in [6, 6.07) is 23.3. The molecule has 3 heterocycles. The number of aromatic nitrogens is 2. The Hall–Kier alpha value is -4.02. The molecule has 1 saturated heterocycles. The minimum absolute atomic E-state index is 0.0326. The zero-order valence-corrected chi connectivity index (χ0v) is 24.5. The van der Waals surface area contributed by atoms with Gasteiger partial charge in [0.05, 0.1) is 30.8 Å². The zero-order valence-electron chi connectivity index (χ0n) is 23.0. The minimum Gasteiger partial charge on any atom is -0.484 e. The second-order valence-electron chi connectivity index (χ2n) is 10.0. The minimum atomic E-state index is -0.327. The third-order valence-electron chi connectivity index (χ3n) is 7.22. The molecule has 10 heteroatoms. The topological polar surface area (TPSA) is 85.7 Å². The standard InChI is InChI=1S/C32H29ClN4O4S/c1-21(25-4-2-3-5-26(25)33)41-29-17-32(42-30(29)19-38)37-20-34-27-16-23(8-11-28(27)37)22-6-9-24(10-7-22)35-31(39)18-36-12-14-40-15-13-36/h2-11,16-17,19-21H,12-15,18H2,1H3,(H,35,39)/t21-/m1/s1. The van der Waals surface area contributed by atoms with Crippen LogP contribution in [-0.4, -0.2) is 59.5 Å². The van der Waals surface area contributed by atoms with Gasteiger partial charge in [0, 0.05) is 35.4 Å². The number of halogens is 1. The van der Waals surface area contributed by atoms with Crippen molar-refractivity contribution in [2.75, 3.05) is 38.2 Å². The molecule has 1 fully saturated rings. The lowest BCUT2D eigenvalue weighted by Gasteiger charge is -2.25. The Morgan fingerprint density at radius 1 is 1.10 bits per heavy atom. The fourth-order valence-corrected chi connectivity index (χ4v) is 6.18. The lowest BCUT2D eigenvalue weighted by molar-refractivity contribution is -0.118. The highest BCUT2D eigenvalue weighted by Gasteiger charge is 2.18. The van der Waals surface area contributed by atoms with Crippen LogP contribution in [0.15, 0.2) is 79.1 Å². The van der Waals surface area contributed by atoms with Crippen molar-refractivity contribution in [2.45, 2.75) is 13.0 Å². The molecule has 1 aliphatic rings. The monoisotopic (exact) mass is 600 g/mol. The summed E-state index contributed by atoms with van der Waals surface area (Å²) in [5, 5.41) is 4.42. The van der Waals surface area contributed by atoms with Gasteiger partial charge in [-0.05, 0) is 48.4 Å². The first-order chi connectivity index (χ1) is 20.5. The SMILES string of the molecule is C[C@@H](Oc1cc(-n2cnc3cc(-c4ccc(NC(=O)CN5CCOCC5)cc4)ccc32)sc1C=O)c1ccccc1Cl. The van der Waals surface area contributed by atoms with E-state index in [0.29, 0.717) is 35.4 Å². The first-order valence-electron chi connectivity index (χ1n) is 13.7. The quantitative estimate of drug-likeness (QED) is 0.191. The van der Waals surface area contributed by atoms with Gasteiger partial charge in [-0.15, -0.1) is 11.3 Å². The van der Waals surface area contributed by atoms with Gasteiger partial charge >= 0.3 is 0 Å². The van der Waals surface area contributed by atoms with Crippen LogP contribution < -0.4 is 10.1 Å². The van der Waals surface area contributed by atoms with Crippen molar-refractivity contribution in [2.24, 2.45) is 0 Å². The van der Waals surface area contributed by atoms with Crippen LogP contribution in [0.1, 0.15) is 28.3 Å². The summed E-state index contributed by atoms with van der Waals surface area (Å²) in [5.41, 5.74) is 5.37. The molecule has 42 heavy (non-hydrogen) atoms. The Labute approximate surface area is 252 Å². The van der Waals surface area contributed by atoms with E-state index in [2.05, 4.69) is 15.2 Å². The second-order valence-corrected chi connectivity index (χ2v) is 11.5. The van der Waals surface area contributed by atoms with Crippen LogP contribution in [0.5, 0.6) is 5.75 Å². The molecule has 214 valence electrons. The number of thiophene rings is 1. The molecule has 3 aromatic carbocycles. The summed E-state index contributed by atoms with van der Waals surface area (Å²) in [6.45, 7) is 5.14. The number of carbonyl (C=O) groups excluding carboxylic acids is 2. The number of aldehydes is 1. The molecule has 6 rings (SSSR count). The Balaban J connectivity index is 1.17. The van der Waals surface area contributed by atoms with Crippen molar-refractivity contribution in [3.8, 4) is 21.9 Å². The Morgan fingerprint density at radius 3 is 2.62 bits per heavy atom. The van der Waals surface area contributed by atoms with Gasteiger partial charge in [0.1, 0.15) is 28.1 Å². The van der Waals surface area contributed by atoms with E-state index in [4.69, 9.17) is 21.1 Å². The molecular formula is C32H29ClN4O4S. The number of benzene rings is 3. The number of anilines is 1. The molecule has 0 radical (unpaired) electrons. The van der Waals surface area contributed by atoms with Crippen LogP contribution in [0.4, 0.5) is 5.69 Å². The Bertz CT molecular complexity index is 1730. The number of amides is 1. The van der Waals surface area contributed by atoms with Crippen molar-refractivity contribution in [1.29, 1.82) is 0 Å². The fourth-order valence-electron chi connectivity index (χ4n) is 5.00. The zero-order chi connectivity index (χ0) is 29.1. The van der Waals surface area contributed by atoms with E-state index in [1.807, 2.05) is 84.3 Å². The Kier molecular flexibility index (Phi) is 8.34. The van der Waals surface area contributed by atoms with Crippen LogP contribution in [0.2, 0.25) is 5.02 Å². The molecule has 5 aromatic rings. The lowest BCUT2D eigenvalue weighted by atomic mass is 10.0. The van der Waals surface area contributed by atoms with Gasteiger partial charge in [0.15, 0.2) is 6.29 Å². The molecule has 2 aromatic heterocycles. The van der Waals surface area contributed by atoms with Gasteiger partial charge in [-0.3, -0.25) is 19.1 Å². The summed E-state index contributed by atoms with van der Waals surface area (Å²) in [4.78, 5) is 31.5. The third kappa shape index (κ3) is 6.10. The van der Waals surface area contributed by atoms with E-state index in [1.54, 1.807) is 6.33 Å². The van der Waals surface area contributed by atoms with Crippen molar-refractivity contribution in [1.82, 2.24) is 14.5 Å². The van der Waals surface area contributed by atoms with E-state index >= 15 is 0 Å². The first kappa shape index (κ1) is 28.1. The fraction of sp³-hybridized carbons (Fsp3) is 0.219. The van der Waals surface area contributed by atoms with E-state index < -0.39 is 0 Å². The average Bonchev–Trinajstić information content (AvgIpc) is 3.61. The summed E-state index contributed by atoms with van der Waals surface area (Å²) in [7, 11) is 0. The number of nitrogens with one attached hydrogen (secondary N) is 1. The molecule has 1 N–H and O–H groups in total. The maximum Gasteiger partial charge on any atom is 0.238 e. The number of rotatable bonds is 9. The van der Waals surface area contributed by atoms with E-state index in [9.17, 15) is 9.59 Å². The van der Waals surface area contributed by atoms with Crippen LogP contribution in [0, 0.1) is 0 Å². The van der Waals surface area contributed by atoms with Gasteiger partial charge < -0.3 is 14.8 Å². The highest BCUT2D eigenvalue weighted by Crippen LogP contribution is 2.36. The number of nitrogens with zero attached hydrogens (tertiary/aromatic N) is 3. The number of hydrogen-bond acceptors (Lipinski definition) is 7. The number of carbonyl (C=O) groups is 2. The molecular weight excluding hydrogens is 572 g/mol. The van der Waals surface area contributed by atoms with Gasteiger partial charge in [0.25, 0.3) is 0 Å². The normalized spacial score (nSPS) is 14.5. The Morgan fingerprint density at radius 2 is 1.86 bits per heavy atom. The highest BCUT2D eigenvalue weighted by molar-refractivity contribution is 7.16. The lowest BCUT2D eigenvalue weighted by Crippen LogP contribution is -2.41. The summed E-state index contributed by atoms with van der Waals surface area (Å²) < 4.78 is 13.5. The molecule has 0 saturated carbocycles. The number of morpholine rings is 1. The van der Waals surface area contributed by atoms with Crippen LogP contribution >= 0.6 is 22.9 Å². The van der Waals surface area contributed by atoms with Gasteiger partial charge in [-0.25, -0.2) is 4.98 Å². The molecule has 0 unspecified atom stereocenters. The number of hydrogen-bond donors (Lipinski definition) is 1. The van der Waals surface area contributed by atoms with E-state index in [-0.39, 0.29) is 12.0 Å². The number of ether oxygens (including phenoxy) is 2. The summed E-state index contributed by atoms with van der Waals surface area (Å²) in [5.74, 6) is 0.475. The number of fused-ring (bicyclic) bond motifs is 1. The second kappa shape index (κ2) is 12.5. The van der Waals surface area contributed by atoms with Gasteiger partial charge in [0.2, 0.25) is 5.91 Å². The molecule has 1 aliphatic heterocycles. The molecule has 1 atom stereocenters. The third-order valence-corrected chi connectivity index (χ3v) is 8.61. The van der Waals surface area contributed by atoms with Gasteiger partial charge in [-0.1, -0.05) is 48.0 Å². The summed E-state index contributed by atoms with van der Waals surface area (Å²) in [6.07, 6.45) is 2.24. The molecule has 1 amide bonds. The predicted molar refractivity (Wildman–Crippen MR) is 166 cm³/mol. The maximum absolute atomic E-state index is 12.4. The smallest absolute Gasteiger partial charge is 0.238 e. The van der Waals surface area contributed by atoms with Crippen molar-refractivity contribution >= 4 is 51.9 Å². The first-order valence-corrected chi connectivity index (χ1v) is 14.9. The molecule has 0 spiro atoms. The van der Waals surface area contributed by atoms with Gasteiger partial charge in [-0.2, -0.15) is 0 Å². The average molecular weight is 601 g/mol. The van der Waals surface area contributed by atoms with E-state index in [1.165, 1.54) is 11.3 Å². The van der Waals surface area contributed by atoms with Crippen LogP contribution in [0.3, 0.4) is 0 Å². The molecule has 0 aliphatic carbocycles. The van der Waals surface area contributed by atoms with Crippen molar-refractivity contribution in [3.05, 3.63) is 94.6 Å². The maximum atomic E-state index is 12.4. The van der Waals surface area contributed by atoms with E-state index in [0.717, 1.165) is 57.8 Å². The molecule has 8 nitrogen and oxygen atoms in total. The van der Waals surface area contributed by atoms with Crippen molar-refractivity contribution in [3.63, 3.8) is 0 Å². The largest absolute Gasteiger partial charge is 0.484 e. The van der Waals surface area contributed by atoms with Crippen molar-refractivity contribution < 1.29 is 19.1 Å². The summed E-state index contributed by atoms with van der Waals surface area (Å²) >= 11 is 7.69.